The predicted molar refractivity (Wildman–Crippen MR) is 89.6 cm³/mol. The number of pyridine rings is 1. The molecule has 0 atom stereocenters. The first-order chi connectivity index (χ1) is 11.2. The van der Waals surface area contributed by atoms with Gasteiger partial charge in [-0.05, 0) is 50.8 Å². The summed E-state index contributed by atoms with van der Waals surface area (Å²) in [6.45, 7) is 2.00. The number of amides is 1. The lowest BCUT2D eigenvalue weighted by Gasteiger charge is -2.29. The van der Waals surface area contributed by atoms with Crippen molar-refractivity contribution in [1.82, 2.24) is 10.3 Å². The summed E-state index contributed by atoms with van der Waals surface area (Å²) in [5.41, 5.74) is 1.84. The van der Waals surface area contributed by atoms with E-state index < -0.39 is 0 Å². The number of carbonyl (C=O) groups excluding carboxylic acids is 1. The van der Waals surface area contributed by atoms with E-state index in [-0.39, 0.29) is 18.1 Å². The van der Waals surface area contributed by atoms with Crippen LogP contribution >= 0.6 is 0 Å². The molecule has 0 radical (unpaired) electrons. The third kappa shape index (κ3) is 4.31. The van der Waals surface area contributed by atoms with E-state index in [1.165, 1.54) is 0 Å². The molecule has 1 amide bonds. The van der Waals surface area contributed by atoms with Gasteiger partial charge in [-0.25, -0.2) is 4.98 Å². The molecular weight excluding hydrogens is 288 g/mol. The fourth-order valence-corrected chi connectivity index (χ4v) is 2.97. The highest BCUT2D eigenvalue weighted by Gasteiger charge is 2.24. The van der Waals surface area contributed by atoms with Crippen LogP contribution in [0.4, 0.5) is 0 Å². The summed E-state index contributed by atoms with van der Waals surface area (Å²) in [6.07, 6.45) is 5.69. The molecule has 4 heteroatoms. The van der Waals surface area contributed by atoms with Crippen LogP contribution in [-0.2, 0) is 0 Å². The van der Waals surface area contributed by atoms with Gasteiger partial charge in [0.05, 0.1) is 0 Å². The van der Waals surface area contributed by atoms with E-state index in [0.717, 1.165) is 36.8 Å². The molecule has 0 aliphatic heterocycles. The number of hydrogen-bond donors (Lipinski definition) is 1. The highest BCUT2D eigenvalue weighted by Crippen LogP contribution is 2.23. The Morgan fingerprint density at radius 1 is 1.13 bits per heavy atom. The van der Waals surface area contributed by atoms with Crippen LogP contribution in [0.5, 0.6) is 5.88 Å². The average Bonchev–Trinajstić information content (AvgIpc) is 2.57. The Labute approximate surface area is 136 Å². The average molecular weight is 310 g/mol. The molecule has 1 heterocycles. The molecule has 1 saturated carbocycles. The summed E-state index contributed by atoms with van der Waals surface area (Å²) >= 11 is 0. The fraction of sp³-hybridized carbons (Fsp3) is 0.368. The molecule has 1 aliphatic carbocycles. The van der Waals surface area contributed by atoms with Gasteiger partial charge in [0.1, 0.15) is 6.10 Å². The van der Waals surface area contributed by atoms with Crippen molar-refractivity contribution in [3.05, 3.63) is 59.8 Å². The van der Waals surface area contributed by atoms with Gasteiger partial charge >= 0.3 is 0 Å². The van der Waals surface area contributed by atoms with E-state index in [4.69, 9.17) is 4.74 Å². The third-order valence-electron chi connectivity index (χ3n) is 4.21. The molecule has 4 nitrogen and oxygen atoms in total. The molecule has 23 heavy (non-hydrogen) atoms. The first-order valence-electron chi connectivity index (χ1n) is 8.16. The Hall–Kier alpha value is -2.36. The van der Waals surface area contributed by atoms with Crippen LogP contribution in [0.1, 0.15) is 41.6 Å². The van der Waals surface area contributed by atoms with Gasteiger partial charge in [-0.2, -0.15) is 0 Å². The quantitative estimate of drug-likeness (QED) is 0.940. The van der Waals surface area contributed by atoms with Crippen LogP contribution in [0.3, 0.4) is 0 Å². The second-order valence-electron chi connectivity index (χ2n) is 6.10. The second kappa shape index (κ2) is 7.27. The normalized spacial score (nSPS) is 20.7. The van der Waals surface area contributed by atoms with Crippen molar-refractivity contribution in [2.24, 2.45) is 0 Å². The fourth-order valence-electron chi connectivity index (χ4n) is 2.97. The van der Waals surface area contributed by atoms with Gasteiger partial charge in [0.25, 0.3) is 5.91 Å². The first kappa shape index (κ1) is 15.5. The van der Waals surface area contributed by atoms with Gasteiger partial charge in [0, 0.05) is 23.9 Å². The van der Waals surface area contributed by atoms with Crippen molar-refractivity contribution in [1.29, 1.82) is 0 Å². The number of ether oxygens (including phenoxy) is 1. The van der Waals surface area contributed by atoms with Crippen LogP contribution < -0.4 is 10.1 Å². The molecule has 1 aromatic carbocycles. The van der Waals surface area contributed by atoms with Crippen molar-refractivity contribution in [2.75, 3.05) is 0 Å². The number of nitrogens with one attached hydrogen (secondary N) is 1. The molecule has 0 spiro atoms. The summed E-state index contributed by atoms with van der Waals surface area (Å²) < 4.78 is 5.89. The molecule has 0 bridgehead atoms. The van der Waals surface area contributed by atoms with Crippen molar-refractivity contribution in [3.8, 4) is 5.88 Å². The monoisotopic (exact) mass is 310 g/mol. The van der Waals surface area contributed by atoms with Gasteiger partial charge in [0.2, 0.25) is 5.88 Å². The van der Waals surface area contributed by atoms with Gasteiger partial charge in [-0.3, -0.25) is 4.79 Å². The maximum Gasteiger partial charge on any atom is 0.251 e. The van der Waals surface area contributed by atoms with Crippen molar-refractivity contribution in [2.45, 2.75) is 44.8 Å². The zero-order chi connectivity index (χ0) is 16.1. The van der Waals surface area contributed by atoms with Crippen LogP contribution in [0, 0.1) is 6.92 Å². The number of benzene rings is 1. The minimum atomic E-state index is 0.0165. The lowest BCUT2D eigenvalue weighted by Crippen LogP contribution is -2.39. The minimum absolute atomic E-state index is 0.0165. The van der Waals surface area contributed by atoms with Crippen LogP contribution in [0.2, 0.25) is 0 Å². The molecule has 1 fully saturated rings. The molecule has 1 aromatic heterocycles. The van der Waals surface area contributed by atoms with E-state index in [9.17, 15) is 4.79 Å². The summed E-state index contributed by atoms with van der Waals surface area (Å²) in [7, 11) is 0. The molecule has 3 rings (SSSR count). The van der Waals surface area contributed by atoms with Crippen LogP contribution in [0.25, 0.3) is 0 Å². The molecule has 0 saturated heterocycles. The summed E-state index contributed by atoms with van der Waals surface area (Å²) in [5.74, 6) is 0.697. The Morgan fingerprint density at radius 2 is 1.96 bits per heavy atom. The van der Waals surface area contributed by atoms with E-state index in [1.807, 2.05) is 49.4 Å². The van der Waals surface area contributed by atoms with Crippen molar-refractivity contribution in [3.63, 3.8) is 0 Å². The number of nitrogens with zero attached hydrogens (tertiary/aromatic N) is 1. The van der Waals surface area contributed by atoms with Crippen LogP contribution in [-0.4, -0.2) is 23.0 Å². The molecule has 1 N–H and O–H groups in total. The topological polar surface area (TPSA) is 51.2 Å². The van der Waals surface area contributed by atoms with E-state index in [0.29, 0.717) is 5.88 Å². The number of rotatable bonds is 4. The van der Waals surface area contributed by atoms with E-state index in [1.54, 1.807) is 6.20 Å². The zero-order valence-electron chi connectivity index (χ0n) is 13.4. The Morgan fingerprint density at radius 3 is 2.65 bits per heavy atom. The summed E-state index contributed by atoms with van der Waals surface area (Å²) in [6, 6.07) is 13.6. The zero-order valence-corrected chi connectivity index (χ0v) is 13.4. The van der Waals surface area contributed by atoms with Gasteiger partial charge < -0.3 is 10.1 Å². The molecule has 2 aromatic rings. The Kier molecular flexibility index (Phi) is 4.91. The van der Waals surface area contributed by atoms with Crippen molar-refractivity contribution >= 4 is 5.91 Å². The standard InChI is InChI=1S/C19H22N2O2/c1-14-5-4-6-15(13-14)19(22)21-16-8-10-17(11-9-16)23-18-7-2-3-12-20-18/h2-7,12-13,16-17H,8-11H2,1H3,(H,21,22). The molecule has 120 valence electrons. The van der Waals surface area contributed by atoms with Gasteiger partial charge in [-0.15, -0.1) is 0 Å². The Balaban J connectivity index is 1.48. The maximum absolute atomic E-state index is 12.3. The predicted octanol–water partition coefficient (Wildman–Crippen LogP) is 3.51. The second-order valence-corrected chi connectivity index (χ2v) is 6.10. The smallest absolute Gasteiger partial charge is 0.251 e. The molecular formula is C19H22N2O2. The van der Waals surface area contributed by atoms with Crippen molar-refractivity contribution < 1.29 is 9.53 Å². The number of carbonyl (C=O) groups is 1. The lowest BCUT2D eigenvalue weighted by molar-refractivity contribution is 0.0890. The molecule has 0 unspecified atom stereocenters. The highest BCUT2D eigenvalue weighted by atomic mass is 16.5. The number of aryl methyl sites for hydroxylation is 1. The van der Waals surface area contributed by atoms with Crippen LogP contribution in [0.15, 0.2) is 48.7 Å². The number of aromatic nitrogens is 1. The lowest BCUT2D eigenvalue weighted by atomic mass is 9.92. The SMILES string of the molecule is Cc1cccc(C(=O)NC2CCC(Oc3ccccn3)CC2)c1. The van der Waals surface area contributed by atoms with Gasteiger partial charge in [0.15, 0.2) is 0 Å². The third-order valence-corrected chi connectivity index (χ3v) is 4.21. The van der Waals surface area contributed by atoms with E-state index in [2.05, 4.69) is 10.3 Å². The van der Waals surface area contributed by atoms with Gasteiger partial charge in [-0.1, -0.05) is 23.8 Å². The minimum Gasteiger partial charge on any atom is -0.474 e. The first-order valence-corrected chi connectivity index (χ1v) is 8.16. The molecule has 1 aliphatic rings. The largest absolute Gasteiger partial charge is 0.474 e. The maximum atomic E-state index is 12.3. The summed E-state index contributed by atoms with van der Waals surface area (Å²) in [5, 5.41) is 3.14. The van der Waals surface area contributed by atoms with E-state index >= 15 is 0 Å². The highest BCUT2D eigenvalue weighted by molar-refractivity contribution is 5.94. The Bertz CT molecular complexity index is 649. The number of hydrogen-bond acceptors (Lipinski definition) is 3. The summed E-state index contributed by atoms with van der Waals surface area (Å²) in [4.78, 5) is 16.5.